The predicted octanol–water partition coefficient (Wildman–Crippen LogP) is 3.64. The van der Waals surface area contributed by atoms with Crippen LogP contribution in [0.5, 0.6) is 0 Å². The topological polar surface area (TPSA) is 213 Å². The Kier molecular flexibility index (Phi) is 11.9. The average molecular weight is 885 g/mol. The van der Waals surface area contributed by atoms with Crippen LogP contribution in [0.25, 0.3) is 22.2 Å². The number of nitrogens with zero attached hydrogens (tertiary/aromatic N) is 6. The minimum absolute atomic E-state index is 0.0751. The Morgan fingerprint density at radius 3 is 2.46 bits per heavy atom. The summed E-state index contributed by atoms with van der Waals surface area (Å²) in [6, 6.07) is 13.3. The molecule has 0 spiro atoms. The number of ketones is 1. The van der Waals surface area contributed by atoms with Crippen molar-refractivity contribution in [1.29, 1.82) is 0 Å². The van der Waals surface area contributed by atoms with E-state index in [1.54, 1.807) is 47.3 Å². The lowest BCUT2D eigenvalue weighted by atomic mass is 9.98. The molecule has 3 amide bonds. The number of hydrogen-bond donors (Lipinski definition) is 5. The number of aromatic amines is 1. The molecule has 5 aromatic rings. The van der Waals surface area contributed by atoms with Crippen molar-refractivity contribution in [1.82, 2.24) is 29.5 Å². The Labute approximate surface area is 361 Å². The average Bonchev–Trinajstić information content (AvgIpc) is 3.88. The number of pyridine rings is 2. The lowest BCUT2D eigenvalue weighted by Gasteiger charge is -2.36. The fourth-order valence-corrected chi connectivity index (χ4v) is 9.01. The summed E-state index contributed by atoms with van der Waals surface area (Å²) in [5, 5.41) is 17.1. The molecule has 8 rings (SSSR count). The van der Waals surface area contributed by atoms with Crippen molar-refractivity contribution in [3.05, 3.63) is 95.9 Å². The largest absolute Gasteiger partial charge is 0.387 e. The van der Waals surface area contributed by atoms with E-state index in [1.807, 2.05) is 12.1 Å². The number of fused-ring (bicyclic) bond motifs is 1. The van der Waals surface area contributed by atoms with Crippen LogP contribution in [0.1, 0.15) is 48.5 Å². The van der Waals surface area contributed by atoms with E-state index in [9.17, 15) is 32.7 Å². The number of β-amino-alcohol motifs (C(OH)–C–C–N with tert-alkyl or cyclic N) is 1. The first-order chi connectivity index (χ1) is 30.1. The molecule has 5 N–H and O–H groups in total. The molecule has 2 atom stereocenters. The Bertz CT molecular complexity index is 2710. The number of imide groups is 1. The first-order valence-electron chi connectivity index (χ1n) is 20.5. The van der Waals surface area contributed by atoms with Crippen molar-refractivity contribution in [3.63, 3.8) is 0 Å². The Balaban J connectivity index is 0.860. The first-order valence-corrected chi connectivity index (χ1v) is 22.0. The monoisotopic (exact) mass is 884 g/mol. The summed E-state index contributed by atoms with van der Waals surface area (Å²) in [7, 11) is -2.68. The normalized spacial score (nSPS) is 19.5. The van der Waals surface area contributed by atoms with Crippen molar-refractivity contribution in [2.45, 2.75) is 44.2 Å². The van der Waals surface area contributed by atoms with Crippen LogP contribution >= 0.6 is 0 Å². The molecule has 3 saturated heterocycles. The molecule has 0 radical (unpaired) electrons. The standard InChI is InChI=1S/C43H46F2N10O7S/c1-3-52(2)63(61,62)51-33-6-4-5-29(39(33)45)40(58)31-24-48-41-30(31)19-27(23-47-41)26-7-11-36(46-22-26)53-15-17-54(18-16-53)38(57)21-43(60)13-14-55(25-43)35-10-8-28(20-32(35)44)49-34-9-12-37(56)50-42(34)59/h4-8,10-11,19-20,22-24,34,49,51,60H,3,9,12-18,21,25H2,1-2H3,(H,47,48)(H,50,56,59). The molecule has 63 heavy (non-hydrogen) atoms. The van der Waals surface area contributed by atoms with Gasteiger partial charge < -0.3 is 30.1 Å². The fraction of sp³-hybridized carbons (Fsp3) is 0.349. The summed E-state index contributed by atoms with van der Waals surface area (Å²) < 4.78 is 59.2. The zero-order valence-corrected chi connectivity index (χ0v) is 35.3. The van der Waals surface area contributed by atoms with E-state index < -0.39 is 45.2 Å². The molecular formula is C43H46F2N10O7S. The number of aliphatic hydroxyl groups is 1. The second-order valence-electron chi connectivity index (χ2n) is 16.0. The van der Waals surface area contributed by atoms with Gasteiger partial charge in [0.2, 0.25) is 17.7 Å². The van der Waals surface area contributed by atoms with Crippen LogP contribution in [0.4, 0.5) is 31.7 Å². The van der Waals surface area contributed by atoms with E-state index in [-0.39, 0.29) is 66.7 Å². The highest BCUT2D eigenvalue weighted by Gasteiger charge is 2.40. The van der Waals surface area contributed by atoms with Gasteiger partial charge in [-0.05, 0) is 61.4 Å². The molecule has 330 valence electrons. The molecular weight excluding hydrogens is 839 g/mol. The molecule has 0 bridgehead atoms. The van der Waals surface area contributed by atoms with Crippen molar-refractivity contribution in [2.24, 2.45) is 0 Å². The zero-order valence-electron chi connectivity index (χ0n) is 34.5. The maximum atomic E-state index is 15.6. The number of hydrogen-bond acceptors (Lipinski definition) is 12. The lowest BCUT2D eigenvalue weighted by Crippen LogP contribution is -2.51. The van der Waals surface area contributed by atoms with Crippen molar-refractivity contribution >= 4 is 67.6 Å². The van der Waals surface area contributed by atoms with Crippen LogP contribution in [0, 0.1) is 11.6 Å². The summed E-state index contributed by atoms with van der Waals surface area (Å²) in [4.78, 5) is 68.2. The molecule has 3 aromatic heterocycles. The van der Waals surface area contributed by atoms with Crippen LogP contribution in [0.2, 0.25) is 0 Å². The molecule has 0 aliphatic carbocycles. The zero-order chi connectivity index (χ0) is 44.6. The van der Waals surface area contributed by atoms with E-state index in [2.05, 4.69) is 35.2 Å². The van der Waals surface area contributed by atoms with Crippen molar-refractivity contribution in [3.8, 4) is 11.1 Å². The highest BCUT2D eigenvalue weighted by molar-refractivity contribution is 7.90. The van der Waals surface area contributed by atoms with Crippen LogP contribution in [-0.4, -0.2) is 126 Å². The SMILES string of the molecule is CCN(C)S(=O)(=O)Nc1cccc(C(=O)c2c[nH]c3ncc(-c4ccc(N5CCN(C(=O)CC6(O)CCN(c7ccc(NC8CCC(=O)NC8=O)cc7F)C6)CC5)nc4)cc23)c1F. The predicted molar refractivity (Wildman–Crippen MR) is 231 cm³/mol. The third kappa shape index (κ3) is 9.04. The van der Waals surface area contributed by atoms with Crippen molar-refractivity contribution in [2.75, 3.05) is 72.7 Å². The van der Waals surface area contributed by atoms with Gasteiger partial charge in [0.05, 0.1) is 29.0 Å². The van der Waals surface area contributed by atoms with Gasteiger partial charge in [0.25, 0.3) is 0 Å². The first kappa shape index (κ1) is 43.2. The molecule has 17 nitrogen and oxygen atoms in total. The van der Waals surface area contributed by atoms with Gasteiger partial charge in [0.15, 0.2) is 11.6 Å². The highest BCUT2D eigenvalue weighted by atomic mass is 32.2. The molecule has 2 unspecified atom stereocenters. The molecule has 2 aromatic carbocycles. The maximum absolute atomic E-state index is 15.6. The van der Waals surface area contributed by atoms with Gasteiger partial charge in [-0.25, -0.2) is 18.7 Å². The number of halogens is 2. The lowest BCUT2D eigenvalue weighted by molar-refractivity contribution is -0.136. The van der Waals surface area contributed by atoms with Crippen molar-refractivity contribution < 1.29 is 41.5 Å². The highest BCUT2D eigenvalue weighted by Crippen LogP contribution is 2.34. The number of nitrogens with one attached hydrogen (secondary N) is 4. The summed E-state index contributed by atoms with van der Waals surface area (Å²) in [5.74, 6) is -2.50. The maximum Gasteiger partial charge on any atom is 0.301 e. The smallest absolute Gasteiger partial charge is 0.301 e. The van der Waals surface area contributed by atoms with E-state index in [1.165, 1.54) is 37.5 Å². The number of aromatic nitrogens is 3. The summed E-state index contributed by atoms with van der Waals surface area (Å²) in [5.41, 5.74) is 0.585. The van der Waals surface area contributed by atoms with Gasteiger partial charge in [-0.3, -0.25) is 29.2 Å². The second kappa shape index (κ2) is 17.3. The molecule has 3 aliphatic heterocycles. The quantitative estimate of drug-likeness (QED) is 0.0848. The van der Waals surface area contributed by atoms with Gasteiger partial charge >= 0.3 is 10.2 Å². The van der Waals surface area contributed by atoms with Gasteiger partial charge in [-0.2, -0.15) is 12.7 Å². The van der Waals surface area contributed by atoms with Crippen LogP contribution < -0.4 is 25.2 Å². The summed E-state index contributed by atoms with van der Waals surface area (Å²) in [6.07, 6.45) is 5.42. The van der Waals surface area contributed by atoms with E-state index in [4.69, 9.17) is 0 Å². The second-order valence-corrected chi connectivity index (χ2v) is 17.8. The number of piperidine rings is 1. The Morgan fingerprint density at radius 1 is 0.968 bits per heavy atom. The fourth-order valence-electron chi connectivity index (χ4n) is 8.08. The van der Waals surface area contributed by atoms with E-state index in [0.29, 0.717) is 72.8 Å². The molecule has 0 saturated carbocycles. The van der Waals surface area contributed by atoms with Gasteiger partial charge in [0, 0.05) is 106 Å². The third-order valence-corrected chi connectivity index (χ3v) is 13.4. The Hall–Kier alpha value is -6.51. The van der Waals surface area contributed by atoms with E-state index in [0.717, 1.165) is 4.31 Å². The number of carbonyl (C=O) groups is 4. The molecule has 20 heteroatoms. The Morgan fingerprint density at radius 2 is 1.75 bits per heavy atom. The van der Waals surface area contributed by atoms with Gasteiger partial charge in [-0.15, -0.1) is 0 Å². The van der Waals surface area contributed by atoms with E-state index >= 15 is 8.78 Å². The number of rotatable bonds is 13. The molecule has 6 heterocycles. The van der Waals surface area contributed by atoms with Crippen LogP contribution in [0.15, 0.2) is 73.2 Å². The van der Waals surface area contributed by atoms with Crippen LogP contribution in [-0.2, 0) is 24.6 Å². The third-order valence-electron chi connectivity index (χ3n) is 11.8. The summed E-state index contributed by atoms with van der Waals surface area (Å²) >= 11 is 0. The minimum Gasteiger partial charge on any atom is -0.387 e. The summed E-state index contributed by atoms with van der Waals surface area (Å²) in [6.45, 7) is 4.05. The minimum atomic E-state index is -4.03. The number of carbonyl (C=O) groups excluding carboxylic acids is 4. The number of H-pyrrole nitrogens is 1. The number of benzene rings is 2. The molecule has 3 fully saturated rings. The number of piperazine rings is 1. The van der Waals surface area contributed by atoms with Gasteiger partial charge in [-0.1, -0.05) is 13.0 Å². The number of amides is 3. The molecule has 3 aliphatic rings. The van der Waals surface area contributed by atoms with Crippen LogP contribution in [0.3, 0.4) is 0 Å². The number of anilines is 4. The van der Waals surface area contributed by atoms with Gasteiger partial charge in [0.1, 0.15) is 23.3 Å².